The van der Waals surface area contributed by atoms with Crippen molar-refractivity contribution < 1.29 is 9.53 Å². The van der Waals surface area contributed by atoms with Crippen molar-refractivity contribution in [3.63, 3.8) is 0 Å². The van der Waals surface area contributed by atoms with Crippen LogP contribution in [0.3, 0.4) is 0 Å². The highest BCUT2D eigenvalue weighted by Crippen LogP contribution is 2.17. The topological polar surface area (TPSA) is 50.4 Å². The number of hydrogen-bond acceptors (Lipinski definition) is 3. The van der Waals surface area contributed by atoms with E-state index in [1.807, 2.05) is 0 Å². The third-order valence-corrected chi connectivity index (χ3v) is 3.37. The van der Waals surface area contributed by atoms with E-state index in [4.69, 9.17) is 4.74 Å². The molecule has 0 aromatic carbocycles. The highest BCUT2D eigenvalue weighted by atomic mass is 16.5. The van der Waals surface area contributed by atoms with Gasteiger partial charge < -0.3 is 15.4 Å². The van der Waals surface area contributed by atoms with Gasteiger partial charge in [-0.25, -0.2) is 0 Å². The average Bonchev–Trinajstić information content (AvgIpc) is 2.71. The van der Waals surface area contributed by atoms with E-state index >= 15 is 0 Å². The van der Waals surface area contributed by atoms with Crippen LogP contribution < -0.4 is 10.6 Å². The predicted molar refractivity (Wildman–Crippen MR) is 57.6 cm³/mol. The number of nitrogens with one attached hydrogen (secondary N) is 2. The van der Waals surface area contributed by atoms with E-state index in [1.165, 1.54) is 0 Å². The second-order valence-corrected chi connectivity index (χ2v) is 4.56. The smallest absolute Gasteiger partial charge is 0.224 e. The molecule has 4 nitrogen and oxygen atoms in total. The summed E-state index contributed by atoms with van der Waals surface area (Å²) in [6, 6.07) is 0.549. The lowest BCUT2D eigenvalue weighted by atomic mass is 9.91. The molecule has 2 aliphatic rings. The molecule has 0 spiro atoms. The molecule has 0 aromatic heterocycles. The fraction of sp³-hybridized carbons (Fsp3) is 0.909. The van der Waals surface area contributed by atoms with Crippen molar-refractivity contribution in [3.05, 3.63) is 0 Å². The van der Waals surface area contributed by atoms with Gasteiger partial charge in [0.05, 0.1) is 18.6 Å². The summed E-state index contributed by atoms with van der Waals surface area (Å²) < 4.78 is 5.24. The number of rotatable bonds is 2. The molecule has 2 aliphatic heterocycles. The molecule has 15 heavy (non-hydrogen) atoms. The lowest BCUT2D eigenvalue weighted by Gasteiger charge is -2.29. The number of amides is 1. The summed E-state index contributed by atoms with van der Waals surface area (Å²) >= 11 is 0. The van der Waals surface area contributed by atoms with Crippen LogP contribution in [0.1, 0.15) is 26.2 Å². The van der Waals surface area contributed by atoms with Gasteiger partial charge in [-0.1, -0.05) is 0 Å². The Kier molecular flexibility index (Phi) is 3.59. The van der Waals surface area contributed by atoms with E-state index in [2.05, 4.69) is 17.6 Å². The Morgan fingerprint density at radius 2 is 2.33 bits per heavy atom. The summed E-state index contributed by atoms with van der Waals surface area (Å²) in [5.41, 5.74) is 0. The molecular formula is C11H20N2O2. The Morgan fingerprint density at radius 1 is 1.47 bits per heavy atom. The van der Waals surface area contributed by atoms with Crippen LogP contribution >= 0.6 is 0 Å². The van der Waals surface area contributed by atoms with Gasteiger partial charge in [0.25, 0.3) is 0 Å². The van der Waals surface area contributed by atoms with E-state index in [-0.39, 0.29) is 17.9 Å². The van der Waals surface area contributed by atoms with Crippen LogP contribution in [0, 0.1) is 5.92 Å². The van der Waals surface area contributed by atoms with Gasteiger partial charge in [0, 0.05) is 12.6 Å². The molecule has 3 atom stereocenters. The maximum Gasteiger partial charge on any atom is 0.224 e. The van der Waals surface area contributed by atoms with Gasteiger partial charge >= 0.3 is 0 Å². The van der Waals surface area contributed by atoms with Crippen molar-refractivity contribution in [2.75, 3.05) is 19.8 Å². The Bertz CT molecular complexity index is 227. The van der Waals surface area contributed by atoms with Gasteiger partial charge in [0.1, 0.15) is 0 Å². The Balaban J connectivity index is 1.83. The van der Waals surface area contributed by atoms with Crippen molar-refractivity contribution in [2.45, 2.75) is 38.3 Å². The standard InChI is InChI=1S/C11H20N2O2/c1-8-10(3-2-5-12-8)11(14)13-9-4-6-15-7-9/h8-10,12H,2-7H2,1H3,(H,13,14). The highest BCUT2D eigenvalue weighted by molar-refractivity contribution is 5.79. The number of carbonyl (C=O) groups is 1. The summed E-state index contributed by atoms with van der Waals surface area (Å²) in [5, 5.41) is 6.42. The monoisotopic (exact) mass is 212 g/mol. The molecule has 0 bridgehead atoms. The van der Waals surface area contributed by atoms with E-state index in [9.17, 15) is 4.79 Å². The quantitative estimate of drug-likeness (QED) is 0.691. The summed E-state index contributed by atoms with van der Waals surface area (Å²) in [6.45, 7) is 4.59. The van der Waals surface area contributed by atoms with Crippen LogP contribution in [0.15, 0.2) is 0 Å². The maximum atomic E-state index is 12.0. The second-order valence-electron chi connectivity index (χ2n) is 4.56. The molecular weight excluding hydrogens is 192 g/mol. The molecule has 0 saturated carbocycles. The Labute approximate surface area is 90.8 Å². The molecule has 86 valence electrons. The van der Waals surface area contributed by atoms with Crippen molar-refractivity contribution in [1.82, 2.24) is 10.6 Å². The third-order valence-electron chi connectivity index (χ3n) is 3.37. The fourth-order valence-electron chi connectivity index (χ4n) is 2.36. The zero-order valence-electron chi connectivity index (χ0n) is 9.29. The summed E-state index contributed by atoms with van der Waals surface area (Å²) in [4.78, 5) is 12.0. The first kappa shape index (κ1) is 10.9. The predicted octanol–water partition coefficient (Wildman–Crippen LogP) is 0.280. The number of carbonyl (C=O) groups excluding carboxylic acids is 1. The first-order chi connectivity index (χ1) is 7.27. The summed E-state index contributed by atoms with van der Waals surface area (Å²) in [7, 11) is 0. The first-order valence-electron chi connectivity index (χ1n) is 5.89. The van der Waals surface area contributed by atoms with Crippen molar-refractivity contribution >= 4 is 5.91 Å². The number of piperidine rings is 1. The Morgan fingerprint density at radius 3 is 3.00 bits per heavy atom. The first-order valence-corrected chi connectivity index (χ1v) is 5.89. The minimum Gasteiger partial charge on any atom is -0.379 e. The second kappa shape index (κ2) is 4.94. The van der Waals surface area contributed by atoms with Crippen LogP contribution in [-0.2, 0) is 9.53 Å². The third kappa shape index (κ3) is 2.69. The molecule has 0 aromatic rings. The molecule has 2 saturated heterocycles. The SMILES string of the molecule is CC1NCCCC1C(=O)NC1CCOC1. The lowest BCUT2D eigenvalue weighted by Crippen LogP contribution is -2.49. The van der Waals surface area contributed by atoms with Crippen molar-refractivity contribution in [2.24, 2.45) is 5.92 Å². The van der Waals surface area contributed by atoms with E-state index in [0.717, 1.165) is 32.4 Å². The van der Waals surface area contributed by atoms with Gasteiger partial charge in [-0.05, 0) is 32.7 Å². The van der Waals surface area contributed by atoms with E-state index < -0.39 is 0 Å². The number of hydrogen-bond donors (Lipinski definition) is 2. The molecule has 2 N–H and O–H groups in total. The van der Waals surface area contributed by atoms with Crippen molar-refractivity contribution in [3.8, 4) is 0 Å². The molecule has 2 rings (SSSR count). The molecule has 3 unspecified atom stereocenters. The molecule has 1 amide bonds. The largest absolute Gasteiger partial charge is 0.379 e. The van der Waals surface area contributed by atoms with Crippen LogP contribution in [0.2, 0.25) is 0 Å². The van der Waals surface area contributed by atoms with Gasteiger partial charge in [-0.15, -0.1) is 0 Å². The molecule has 2 fully saturated rings. The summed E-state index contributed by atoms with van der Waals surface area (Å²) in [5.74, 6) is 0.338. The fourth-order valence-corrected chi connectivity index (χ4v) is 2.36. The number of ether oxygens (including phenoxy) is 1. The minimum absolute atomic E-state index is 0.138. The maximum absolute atomic E-state index is 12.0. The molecule has 0 radical (unpaired) electrons. The van der Waals surface area contributed by atoms with Crippen LogP contribution in [0.4, 0.5) is 0 Å². The lowest BCUT2D eigenvalue weighted by molar-refractivity contribution is -0.127. The average molecular weight is 212 g/mol. The van der Waals surface area contributed by atoms with Gasteiger partial charge in [-0.2, -0.15) is 0 Å². The van der Waals surface area contributed by atoms with Gasteiger partial charge in [-0.3, -0.25) is 4.79 Å². The molecule has 0 aliphatic carbocycles. The van der Waals surface area contributed by atoms with E-state index in [1.54, 1.807) is 0 Å². The minimum atomic E-state index is 0.138. The van der Waals surface area contributed by atoms with Gasteiger partial charge in [0.15, 0.2) is 0 Å². The zero-order valence-corrected chi connectivity index (χ0v) is 9.29. The van der Waals surface area contributed by atoms with E-state index in [0.29, 0.717) is 12.6 Å². The molecule has 2 heterocycles. The Hall–Kier alpha value is -0.610. The van der Waals surface area contributed by atoms with Crippen molar-refractivity contribution in [1.29, 1.82) is 0 Å². The van der Waals surface area contributed by atoms with Crippen LogP contribution in [0.25, 0.3) is 0 Å². The summed E-state index contributed by atoms with van der Waals surface area (Å²) in [6.07, 6.45) is 3.07. The van der Waals surface area contributed by atoms with Crippen LogP contribution in [0.5, 0.6) is 0 Å². The normalized spacial score (nSPS) is 36.5. The highest BCUT2D eigenvalue weighted by Gasteiger charge is 2.29. The molecule has 4 heteroatoms. The zero-order chi connectivity index (χ0) is 10.7. The van der Waals surface area contributed by atoms with Crippen LogP contribution in [-0.4, -0.2) is 37.7 Å². The van der Waals surface area contributed by atoms with Gasteiger partial charge in [0.2, 0.25) is 5.91 Å².